The molecule has 27 heavy (non-hydrogen) atoms. The molecule has 0 aliphatic rings. The first kappa shape index (κ1) is 18.3. The van der Waals surface area contributed by atoms with Crippen LogP contribution < -0.4 is 20.2 Å². The van der Waals surface area contributed by atoms with Crippen molar-refractivity contribution in [3.8, 4) is 40.0 Å². The molecule has 0 spiro atoms. The molecular formula is C22H22N3O2+. The fourth-order valence-corrected chi connectivity index (χ4v) is 3.04. The van der Waals surface area contributed by atoms with Gasteiger partial charge in [0.2, 0.25) is 0 Å². The van der Waals surface area contributed by atoms with Gasteiger partial charge < -0.3 is 9.47 Å². The van der Waals surface area contributed by atoms with Crippen molar-refractivity contribution < 1.29 is 14.5 Å². The lowest BCUT2D eigenvalue weighted by Crippen LogP contribution is -2.16. The van der Waals surface area contributed by atoms with Gasteiger partial charge in [0.1, 0.15) is 28.8 Å². The van der Waals surface area contributed by atoms with E-state index >= 15 is 0 Å². The molecule has 0 atom stereocenters. The molecule has 3 N–H and O–H groups in total. The lowest BCUT2D eigenvalue weighted by atomic mass is 9.97. The van der Waals surface area contributed by atoms with Gasteiger partial charge in [-0.2, -0.15) is 5.26 Å². The third-order valence-corrected chi connectivity index (χ3v) is 4.58. The third-order valence-electron chi connectivity index (χ3n) is 4.58. The number of nitrogens with one attached hydrogen (secondary N) is 1. The molecule has 0 saturated carbocycles. The van der Waals surface area contributed by atoms with Crippen molar-refractivity contribution in [3.63, 3.8) is 0 Å². The van der Waals surface area contributed by atoms with Crippen molar-refractivity contribution in [2.75, 3.05) is 20.0 Å². The fourth-order valence-electron chi connectivity index (χ4n) is 3.04. The molecule has 136 valence electrons. The Morgan fingerprint density at radius 2 is 1.74 bits per heavy atom. The fraction of sp³-hybridized carbons (Fsp3) is 0.182. The van der Waals surface area contributed by atoms with Crippen LogP contribution >= 0.6 is 0 Å². The Labute approximate surface area is 159 Å². The number of aryl methyl sites for hydroxylation is 1. The highest BCUT2D eigenvalue weighted by Crippen LogP contribution is 2.35. The van der Waals surface area contributed by atoms with Crippen LogP contribution in [0.5, 0.6) is 11.5 Å². The minimum Gasteiger partial charge on any atom is -0.497 e. The van der Waals surface area contributed by atoms with E-state index in [2.05, 4.69) is 30.1 Å². The maximum absolute atomic E-state index is 9.61. The lowest BCUT2D eigenvalue weighted by molar-refractivity contribution is -0.347. The standard InChI is InChI=1S/C22H21N3O2/c1-4-14-5-7-15(8-6-14)17-12-20(25-22(24)19(17)13-23)18-11-16(26-2)9-10-21(18)27-3/h5-12H,4H2,1-3H3,(H2,24,25)/p+1. The Morgan fingerprint density at radius 3 is 2.33 bits per heavy atom. The number of nitrogens with two attached hydrogens (primary N) is 1. The molecule has 5 nitrogen and oxygen atoms in total. The lowest BCUT2D eigenvalue weighted by Gasteiger charge is -2.12. The SMILES string of the molecule is CCc1ccc(-c2cc(-c3cc(OC)ccc3OC)[nH+]c(N)c2C#N)cc1. The molecule has 3 rings (SSSR count). The number of nitriles is 1. The van der Waals surface area contributed by atoms with E-state index in [1.807, 2.05) is 36.4 Å². The van der Waals surface area contributed by atoms with E-state index in [0.29, 0.717) is 22.9 Å². The monoisotopic (exact) mass is 360 g/mol. The number of hydrogen-bond acceptors (Lipinski definition) is 4. The van der Waals surface area contributed by atoms with Gasteiger partial charge in [-0.25, -0.2) is 4.98 Å². The van der Waals surface area contributed by atoms with Gasteiger partial charge in [0.05, 0.1) is 19.8 Å². The van der Waals surface area contributed by atoms with Crippen LogP contribution in [0.15, 0.2) is 48.5 Å². The average molecular weight is 360 g/mol. The van der Waals surface area contributed by atoms with Crippen molar-refractivity contribution >= 4 is 5.82 Å². The maximum Gasteiger partial charge on any atom is 0.289 e. The zero-order valence-electron chi connectivity index (χ0n) is 15.7. The van der Waals surface area contributed by atoms with Crippen molar-refractivity contribution in [1.82, 2.24) is 0 Å². The van der Waals surface area contributed by atoms with E-state index in [9.17, 15) is 5.26 Å². The topological polar surface area (TPSA) is 82.4 Å². The second-order valence-electron chi connectivity index (χ2n) is 6.11. The van der Waals surface area contributed by atoms with Crippen LogP contribution in [0, 0.1) is 11.3 Å². The van der Waals surface area contributed by atoms with E-state index in [-0.39, 0.29) is 0 Å². The summed E-state index contributed by atoms with van der Waals surface area (Å²) in [5, 5.41) is 9.61. The van der Waals surface area contributed by atoms with Crippen LogP contribution in [-0.2, 0) is 6.42 Å². The number of ether oxygens (including phenoxy) is 2. The molecule has 0 aliphatic carbocycles. The number of methoxy groups -OCH3 is 2. The third kappa shape index (κ3) is 3.56. The average Bonchev–Trinajstić information content (AvgIpc) is 2.72. The van der Waals surface area contributed by atoms with Gasteiger partial charge in [0, 0.05) is 5.56 Å². The smallest absolute Gasteiger partial charge is 0.289 e. The highest BCUT2D eigenvalue weighted by Gasteiger charge is 2.19. The maximum atomic E-state index is 9.61. The zero-order valence-corrected chi connectivity index (χ0v) is 15.7. The second kappa shape index (κ2) is 7.79. The molecule has 3 aromatic rings. The van der Waals surface area contributed by atoms with Crippen LogP contribution in [0.2, 0.25) is 0 Å². The Bertz CT molecular complexity index is 1010. The largest absolute Gasteiger partial charge is 0.497 e. The molecule has 2 aromatic carbocycles. The molecule has 0 unspecified atom stereocenters. The number of anilines is 1. The number of rotatable bonds is 5. The highest BCUT2D eigenvalue weighted by atomic mass is 16.5. The molecule has 0 saturated heterocycles. The zero-order chi connectivity index (χ0) is 19.4. The van der Waals surface area contributed by atoms with Crippen molar-refractivity contribution in [2.24, 2.45) is 0 Å². The number of pyridine rings is 1. The number of hydrogen-bond donors (Lipinski definition) is 1. The summed E-state index contributed by atoms with van der Waals surface area (Å²) in [4.78, 5) is 3.12. The summed E-state index contributed by atoms with van der Waals surface area (Å²) < 4.78 is 10.8. The van der Waals surface area contributed by atoms with Crippen molar-refractivity contribution in [1.29, 1.82) is 5.26 Å². The Hall–Kier alpha value is -3.52. The minimum atomic E-state index is 0.314. The summed E-state index contributed by atoms with van der Waals surface area (Å²) in [6, 6.07) is 17.8. The molecule has 0 amide bonds. The van der Waals surface area contributed by atoms with Gasteiger partial charge in [0.25, 0.3) is 5.82 Å². The Kier molecular flexibility index (Phi) is 5.28. The Morgan fingerprint density at radius 1 is 1.00 bits per heavy atom. The molecule has 0 fully saturated rings. The molecule has 0 aliphatic heterocycles. The molecule has 0 radical (unpaired) electrons. The van der Waals surface area contributed by atoms with Gasteiger partial charge in [-0.15, -0.1) is 0 Å². The minimum absolute atomic E-state index is 0.314. The van der Waals surface area contributed by atoms with Crippen LogP contribution in [0.4, 0.5) is 5.82 Å². The Balaban J connectivity index is 2.22. The predicted octanol–water partition coefficient (Wildman–Crippen LogP) is 3.87. The van der Waals surface area contributed by atoms with Crippen molar-refractivity contribution in [2.45, 2.75) is 13.3 Å². The number of aromatic amines is 1. The predicted molar refractivity (Wildman–Crippen MR) is 105 cm³/mol. The first-order chi connectivity index (χ1) is 13.1. The van der Waals surface area contributed by atoms with E-state index in [1.54, 1.807) is 14.2 Å². The normalized spacial score (nSPS) is 10.3. The van der Waals surface area contributed by atoms with E-state index in [1.165, 1.54) is 5.56 Å². The van der Waals surface area contributed by atoms with Gasteiger partial charge in [-0.3, -0.25) is 5.73 Å². The first-order valence-corrected chi connectivity index (χ1v) is 8.68. The summed E-state index contributed by atoms with van der Waals surface area (Å²) in [6.07, 6.45) is 0.961. The van der Waals surface area contributed by atoms with Gasteiger partial charge in [0.15, 0.2) is 0 Å². The highest BCUT2D eigenvalue weighted by molar-refractivity contribution is 5.79. The van der Waals surface area contributed by atoms with Crippen LogP contribution in [-0.4, -0.2) is 14.2 Å². The molecule has 0 bridgehead atoms. The summed E-state index contributed by atoms with van der Waals surface area (Å²) >= 11 is 0. The molecule has 1 aromatic heterocycles. The number of nitrogen functional groups attached to an aromatic ring is 1. The number of aromatic nitrogens is 1. The quantitative estimate of drug-likeness (QED) is 0.749. The van der Waals surface area contributed by atoms with Gasteiger partial charge in [-0.1, -0.05) is 31.2 Å². The van der Waals surface area contributed by atoms with E-state index in [0.717, 1.165) is 28.8 Å². The van der Waals surface area contributed by atoms with Crippen molar-refractivity contribution in [3.05, 3.63) is 59.7 Å². The van der Waals surface area contributed by atoms with Crippen LogP contribution in [0.1, 0.15) is 18.1 Å². The molecule has 5 heteroatoms. The van der Waals surface area contributed by atoms with Crippen LogP contribution in [0.3, 0.4) is 0 Å². The second-order valence-corrected chi connectivity index (χ2v) is 6.11. The number of nitrogens with zero attached hydrogens (tertiary/aromatic N) is 1. The summed E-state index contributed by atoms with van der Waals surface area (Å²) in [7, 11) is 3.23. The van der Waals surface area contributed by atoms with E-state index < -0.39 is 0 Å². The van der Waals surface area contributed by atoms with Gasteiger partial charge >= 0.3 is 0 Å². The summed E-state index contributed by atoms with van der Waals surface area (Å²) in [5.41, 5.74) is 11.1. The first-order valence-electron chi connectivity index (χ1n) is 8.68. The van der Waals surface area contributed by atoms with Crippen LogP contribution in [0.25, 0.3) is 22.4 Å². The van der Waals surface area contributed by atoms with Gasteiger partial charge in [-0.05, 0) is 41.8 Å². The number of benzene rings is 2. The molecule has 1 heterocycles. The van der Waals surface area contributed by atoms with E-state index in [4.69, 9.17) is 15.2 Å². The number of H-pyrrole nitrogens is 1. The molecular weight excluding hydrogens is 338 g/mol. The summed E-state index contributed by atoms with van der Waals surface area (Å²) in [6.45, 7) is 2.11. The summed E-state index contributed by atoms with van der Waals surface area (Å²) in [5.74, 6) is 1.70.